The second kappa shape index (κ2) is 5.23. The summed E-state index contributed by atoms with van der Waals surface area (Å²) in [4.78, 5) is 14.1. The van der Waals surface area contributed by atoms with Crippen LogP contribution in [0.2, 0.25) is 0 Å². The van der Waals surface area contributed by atoms with E-state index in [2.05, 4.69) is 35.2 Å². The molecule has 0 radical (unpaired) electrons. The van der Waals surface area contributed by atoms with Gasteiger partial charge in [0.05, 0.1) is 0 Å². The van der Waals surface area contributed by atoms with Gasteiger partial charge in [-0.3, -0.25) is 9.69 Å². The monoisotopic (exact) mass is 243 g/mol. The van der Waals surface area contributed by atoms with Gasteiger partial charge in [0.1, 0.15) is 5.78 Å². The van der Waals surface area contributed by atoms with Crippen molar-refractivity contribution in [3.8, 4) is 0 Å². The summed E-state index contributed by atoms with van der Waals surface area (Å²) in [5.74, 6) is 0.488. The molecule has 0 spiro atoms. The largest absolute Gasteiger partial charge is 0.300 e. The van der Waals surface area contributed by atoms with Crippen molar-refractivity contribution in [2.45, 2.75) is 50.6 Å². The van der Waals surface area contributed by atoms with Crippen molar-refractivity contribution in [1.29, 1.82) is 0 Å². The molecular weight excluding hydrogens is 222 g/mol. The first-order chi connectivity index (χ1) is 8.83. The van der Waals surface area contributed by atoms with Gasteiger partial charge in [0, 0.05) is 24.9 Å². The van der Waals surface area contributed by atoms with E-state index in [1.807, 2.05) is 0 Å². The number of aryl methyl sites for hydroxylation is 1. The fourth-order valence-corrected chi connectivity index (χ4v) is 3.54. The first-order valence-electron chi connectivity index (χ1n) is 7.14. The van der Waals surface area contributed by atoms with E-state index in [1.54, 1.807) is 0 Å². The van der Waals surface area contributed by atoms with Crippen LogP contribution in [0.15, 0.2) is 30.3 Å². The zero-order chi connectivity index (χ0) is 12.4. The molecule has 2 bridgehead atoms. The fourth-order valence-electron chi connectivity index (χ4n) is 3.54. The topological polar surface area (TPSA) is 20.3 Å². The fraction of sp³-hybridized carbons (Fsp3) is 0.562. The minimum absolute atomic E-state index is 0.488. The molecule has 2 heterocycles. The molecule has 2 fully saturated rings. The number of hydrogen-bond donors (Lipinski definition) is 0. The van der Waals surface area contributed by atoms with E-state index < -0.39 is 0 Å². The number of ketones is 1. The predicted molar refractivity (Wildman–Crippen MR) is 72.5 cm³/mol. The van der Waals surface area contributed by atoms with Crippen molar-refractivity contribution in [1.82, 2.24) is 4.90 Å². The van der Waals surface area contributed by atoms with Gasteiger partial charge in [-0.2, -0.15) is 0 Å². The summed E-state index contributed by atoms with van der Waals surface area (Å²) in [5.41, 5.74) is 1.43. The average Bonchev–Trinajstić information content (AvgIpc) is 2.63. The van der Waals surface area contributed by atoms with Gasteiger partial charge >= 0.3 is 0 Å². The standard InChI is InChI=1S/C16H21NO/c18-16-11-14-8-9-15(12-16)17(14)10-4-7-13-5-2-1-3-6-13/h1-3,5-6,14-15H,4,7-12H2. The van der Waals surface area contributed by atoms with Gasteiger partial charge in [0.15, 0.2) is 0 Å². The van der Waals surface area contributed by atoms with Crippen LogP contribution in [0.5, 0.6) is 0 Å². The summed E-state index contributed by atoms with van der Waals surface area (Å²) in [5, 5.41) is 0. The van der Waals surface area contributed by atoms with Gasteiger partial charge < -0.3 is 0 Å². The van der Waals surface area contributed by atoms with Crippen molar-refractivity contribution < 1.29 is 4.79 Å². The Morgan fingerprint density at radius 1 is 1.06 bits per heavy atom. The van der Waals surface area contributed by atoms with E-state index in [4.69, 9.17) is 0 Å². The number of fused-ring (bicyclic) bond motifs is 2. The van der Waals surface area contributed by atoms with Crippen LogP contribution >= 0.6 is 0 Å². The summed E-state index contributed by atoms with van der Waals surface area (Å²) in [6, 6.07) is 11.8. The summed E-state index contributed by atoms with van der Waals surface area (Å²) in [6.07, 6.45) is 6.46. The SMILES string of the molecule is O=C1CC2CCC(C1)N2CCCc1ccccc1. The number of Topliss-reactive ketones (excluding diaryl/α,β-unsaturated/α-hetero) is 1. The Balaban J connectivity index is 1.51. The second-order valence-electron chi connectivity index (χ2n) is 5.66. The molecule has 2 nitrogen and oxygen atoms in total. The highest BCUT2D eigenvalue weighted by Gasteiger charge is 2.39. The van der Waals surface area contributed by atoms with Crippen molar-refractivity contribution in [2.24, 2.45) is 0 Å². The maximum Gasteiger partial charge on any atom is 0.136 e. The quantitative estimate of drug-likeness (QED) is 0.810. The number of carbonyl (C=O) groups is 1. The maximum atomic E-state index is 11.5. The van der Waals surface area contributed by atoms with Crippen LogP contribution in [-0.4, -0.2) is 29.3 Å². The second-order valence-corrected chi connectivity index (χ2v) is 5.66. The average molecular weight is 243 g/mol. The zero-order valence-corrected chi connectivity index (χ0v) is 10.8. The molecule has 1 aromatic carbocycles. The van der Waals surface area contributed by atoms with Crippen molar-refractivity contribution in [3.63, 3.8) is 0 Å². The van der Waals surface area contributed by atoms with Crippen LogP contribution in [0.4, 0.5) is 0 Å². The van der Waals surface area contributed by atoms with Crippen LogP contribution in [0.3, 0.4) is 0 Å². The number of benzene rings is 1. The van der Waals surface area contributed by atoms with E-state index in [1.165, 1.54) is 24.8 Å². The minimum atomic E-state index is 0.488. The van der Waals surface area contributed by atoms with Crippen molar-refractivity contribution >= 4 is 5.78 Å². The molecule has 2 saturated heterocycles. The third kappa shape index (κ3) is 2.49. The smallest absolute Gasteiger partial charge is 0.136 e. The van der Waals surface area contributed by atoms with Gasteiger partial charge in [0.25, 0.3) is 0 Å². The Bertz CT molecular complexity index is 398. The van der Waals surface area contributed by atoms with Gasteiger partial charge in [0.2, 0.25) is 0 Å². The molecule has 0 N–H and O–H groups in total. The highest BCUT2D eigenvalue weighted by Crippen LogP contribution is 2.33. The van der Waals surface area contributed by atoms with Crippen molar-refractivity contribution in [2.75, 3.05) is 6.54 Å². The lowest BCUT2D eigenvalue weighted by Gasteiger charge is -2.33. The summed E-state index contributed by atoms with van der Waals surface area (Å²) < 4.78 is 0. The highest BCUT2D eigenvalue weighted by molar-refractivity contribution is 5.80. The molecule has 2 atom stereocenters. The molecule has 2 aliphatic rings. The van der Waals surface area contributed by atoms with E-state index in [0.717, 1.165) is 25.8 Å². The van der Waals surface area contributed by atoms with Gasteiger partial charge in [-0.15, -0.1) is 0 Å². The van der Waals surface area contributed by atoms with Gasteiger partial charge in [-0.1, -0.05) is 30.3 Å². The predicted octanol–water partition coefficient (Wildman–Crippen LogP) is 2.82. The zero-order valence-electron chi connectivity index (χ0n) is 10.8. The molecule has 0 aliphatic carbocycles. The highest BCUT2D eigenvalue weighted by atomic mass is 16.1. The molecular formula is C16H21NO. The number of carbonyl (C=O) groups excluding carboxylic acids is 1. The van der Waals surface area contributed by atoms with Crippen LogP contribution in [-0.2, 0) is 11.2 Å². The third-order valence-electron chi connectivity index (χ3n) is 4.42. The van der Waals surface area contributed by atoms with Crippen LogP contribution in [0.1, 0.15) is 37.7 Å². The molecule has 3 rings (SSSR count). The van der Waals surface area contributed by atoms with E-state index >= 15 is 0 Å². The van der Waals surface area contributed by atoms with E-state index in [0.29, 0.717) is 17.9 Å². The Labute approximate surface area is 109 Å². The number of nitrogens with zero attached hydrogens (tertiary/aromatic N) is 1. The molecule has 18 heavy (non-hydrogen) atoms. The van der Waals surface area contributed by atoms with Crippen LogP contribution in [0.25, 0.3) is 0 Å². The number of piperidine rings is 1. The molecule has 2 heteroatoms. The summed E-state index contributed by atoms with van der Waals surface area (Å²) in [7, 11) is 0. The molecule has 2 unspecified atom stereocenters. The first-order valence-corrected chi connectivity index (χ1v) is 7.14. The molecule has 0 amide bonds. The molecule has 1 aromatic rings. The Kier molecular flexibility index (Phi) is 3.46. The molecule has 0 saturated carbocycles. The van der Waals surface area contributed by atoms with Gasteiger partial charge in [-0.25, -0.2) is 0 Å². The van der Waals surface area contributed by atoms with Gasteiger partial charge in [-0.05, 0) is 37.8 Å². The van der Waals surface area contributed by atoms with Crippen LogP contribution in [0, 0.1) is 0 Å². The van der Waals surface area contributed by atoms with Crippen molar-refractivity contribution in [3.05, 3.63) is 35.9 Å². The maximum absolute atomic E-state index is 11.5. The lowest BCUT2D eigenvalue weighted by molar-refractivity contribution is -0.123. The first kappa shape index (κ1) is 11.9. The molecule has 96 valence electrons. The van der Waals surface area contributed by atoms with Crippen LogP contribution < -0.4 is 0 Å². The lowest BCUT2D eigenvalue weighted by Crippen LogP contribution is -2.43. The van der Waals surface area contributed by atoms with E-state index in [9.17, 15) is 4.79 Å². The van der Waals surface area contributed by atoms with E-state index in [-0.39, 0.29) is 0 Å². The lowest BCUT2D eigenvalue weighted by atomic mass is 10.0. The number of rotatable bonds is 4. The Morgan fingerprint density at radius 2 is 1.72 bits per heavy atom. The minimum Gasteiger partial charge on any atom is -0.300 e. The molecule has 0 aromatic heterocycles. The summed E-state index contributed by atoms with van der Waals surface area (Å²) in [6.45, 7) is 1.16. The number of hydrogen-bond acceptors (Lipinski definition) is 2. The summed E-state index contributed by atoms with van der Waals surface area (Å²) >= 11 is 0. The Morgan fingerprint density at radius 3 is 2.39 bits per heavy atom. The Hall–Kier alpha value is -1.15. The normalized spacial score (nSPS) is 27.7. The third-order valence-corrected chi connectivity index (χ3v) is 4.42. The molecule has 2 aliphatic heterocycles.